The number of rotatable bonds is 6. The van der Waals surface area contributed by atoms with Crippen LogP contribution in [-0.2, 0) is 17.8 Å². The largest absolute Gasteiger partial charge is 0.467 e. The van der Waals surface area contributed by atoms with Gasteiger partial charge in [-0.15, -0.1) is 0 Å². The maximum atomic E-state index is 13.1. The summed E-state index contributed by atoms with van der Waals surface area (Å²) in [5.74, 6) is 0.372. The van der Waals surface area contributed by atoms with Crippen LogP contribution in [-0.4, -0.2) is 32.0 Å². The number of hydrogen-bond donors (Lipinski definition) is 1. The van der Waals surface area contributed by atoms with E-state index in [-0.39, 0.29) is 18.4 Å². The average molecular weight is 403 g/mol. The highest BCUT2D eigenvalue weighted by Crippen LogP contribution is 2.27. The van der Waals surface area contributed by atoms with E-state index in [1.165, 1.54) is 5.56 Å². The zero-order chi connectivity index (χ0) is 20.9. The summed E-state index contributed by atoms with van der Waals surface area (Å²) in [7, 11) is 1.72. The van der Waals surface area contributed by atoms with Gasteiger partial charge in [-0.2, -0.15) is 0 Å². The van der Waals surface area contributed by atoms with E-state index in [2.05, 4.69) is 22.3 Å². The molecule has 0 atom stereocenters. The first kappa shape index (κ1) is 19.8. The zero-order valence-corrected chi connectivity index (χ0v) is 17.0. The number of amides is 2. The van der Waals surface area contributed by atoms with E-state index >= 15 is 0 Å². The van der Waals surface area contributed by atoms with Crippen molar-refractivity contribution in [2.45, 2.75) is 19.4 Å². The molecule has 6 heteroatoms. The number of nitrogens with one attached hydrogen (secondary N) is 1. The molecule has 0 saturated carbocycles. The highest BCUT2D eigenvalue weighted by Gasteiger charge is 2.23. The van der Waals surface area contributed by atoms with Gasteiger partial charge in [-0.05, 0) is 48.7 Å². The Bertz CT molecular complexity index is 1030. The Morgan fingerprint density at radius 3 is 2.70 bits per heavy atom. The second-order valence-corrected chi connectivity index (χ2v) is 7.39. The Morgan fingerprint density at radius 1 is 1.07 bits per heavy atom. The smallest absolute Gasteiger partial charge is 0.253 e. The van der Waals surface area contributed by atoms with Crippen molar-refractivity contribution in [3.8, 4) is 0 Å². The third-order valence-corrected chi connectivity index (χ3v) is 5.42. The van der Waals surface area contributed by atoms with E-state index in [9.17, 15) is 9.59 Å². The molecule has 0 saturated heterocycles. The molecule has 1 aromatic heterocycles. The number of carbonyl (C=O) groups is 2. The lowest BCUT2D eigenvalue weighted by atomic mass is 10.0. The second kappa shape index (κ2) is 8.86. The Morgan fingerprint density at radius 2 is 1.87 bits per heavy atom. The number of carbonyl (C=O) groups excluding carboxylic acids is 2. The molecule has 1 aliphatic heterocycles. The van der Waals surface area contributed by atoms with Gasteiger partial charge in [-0.1, -0.05) is 30.3 Å². The predicted molar refractivity (Wildman–Crippen MR) is 117 cm³/mol. The van der Waals surface area contributed by atoms with E-state index in [0.717, 1.165) is 25.1 Å². The van der Waals surface area contributed by atoms with Gasteiger partial charge in [0.25, 0.3) is 5.91 Å². The van der Waals surface area contributed by atoms with Gasteiger partial charge < -0.3 is 19.5 Å². The van der Waals surface area contributed by atoms with Crippen molar-refractivity contribution < 1.29 is 14.0 Å². The van der Waals surface area contributed by atoms with Gasteiger partial charge in [0, 0.05) is 19.3 Å². The van der Waals surface area contributed by atoms with Gasteiger partial charge in [-0.3, -0.25) is 9.59 Å². The van der Waals surface area contributed by atoms with Crippen molar-refractivity contribution in [3.05, 3.63) is 83.8 Å². The number of likely N-dealkylation sites (N-methyl/N-ethyl adjacent to an activating group) is 1. The standard InChI is InChI=1S/C24H25N3O3/c1-26(23(28)17-27-14-6-9-18-8-2-4-12-21(18)27)22-13-5-3-11-20(22)24(29)25-16-19-10-7-15-30-19/h2-5,7-8,10-13,15H,6,9,14,16-17H2,1H3,(H,25,29). The Balaban J connectivity index is 1.47. The molecule has 6 nitrogen and oxygen atoms in total. The molecule has 0 bridgehead atoms. The van der Waals surface area contributed by atoms with Gasteiger partial charge in [-0.25, -0.2) is 0 Å². The molecule has 1 N–H and O–H groups in total. The summed E-state index contributed by atoms with van der Waals surface area (Å²) in [6.45, 7) is 1.42. The zero-order valence-electron chi connectivity index (χ0n) is 17.0. The normalized spacial score (nSPS) is 12.9. The van der Waals surface area contributed by atoms with Crippen molar-refractivity contribution >= 4 is 23.2 Å². The van der Waals surface area contributed by atoms with E-state index in [0.29, 0.717) is 23.6 Å². The number of para-hydroxylation sites is 2. The molecule has 0 aliphatic carbocycles. The molecule has 4 rings (SSSR count). The lowest BCUT2D eigenvalue weighted by Gasteiger charge is -2.32. The molecule has 2 heterocycles. The Kier molecular flexibility index (Phi) is 5.84. The van der Waals surface area contributed by atoms with Gasteiger partial charge in [0.1, 0.15) is 5.76 Å². The number of hydrogen-bond acceptors (Lipinski definition) is 4. The van der Waals surface area contributed by atoms with Crippen LogP contribution in [0.4, 0.5) is 11.4 Å². The van der Waals surface area contributed by atoms with Crippen LogP contribution in [0.25, 0.3) is 0 Å². The maximum Gasteiger partial charge on any atom is 0.253 e. The monoisotopic (exact) mass is 403 g/mol. The van der Waals surface area contributed by atoms with Crippen LogP contribution in [0, 0.1) is 0 Å². The number of anilines is 2. The molecule has 0 radical (unpaired) electrons. The maximum absolute atomic E-state index is 13.1. The molecule has 0 spiro atoms. The molecule has 0 fully saturated rings. The highest BCUT2D eigenvalue weighted by molar-refractivity contribution is 6.05. The minimum absolute atomic E-state index is 0.0574. The van der Waals surface area contributed by atoms with Crippen LogP contribution in [0.2, 0.25) is 0 Å². The van der Waals surface area contributed by atoms with E-state index in [1.807, 2.05) is 18.2 Å². The first-order valence-corrected chi connectivity index (χ1v) is 10.1. The average Bonchev–Trinajstić information content (AvgIpc) is 3.31. The minimum Gasteiger partial charge on any atom is -0.467 e. The number of benzene rings is 2. The molecule has 30 heavy (non-hydrogen) atoms. The van der Waals surface area contributed by atoms with Gasteiger partial charge in [0.15, 0.2) is 0 Å². The quantitative estimate of drug-likeness (QED) is 0.683. The molecule has 2 amide bonds. The number of furan rings is 1. The third-order valence-electron chi connectivity index (χ3n) is 5.42. The molecule has 154 valence electrons. The van der Waals surface area contributed by atoms with E-state index in [4.69, 9.17) is 4.42 Å². The topological polar surface area (TPSA) is 65.8 Å². The lowest BCUT2D eigenvalue weighted by molar-refractivity contribution is -0.117. The van der Waals surface area contributed by atoms with Crippen molar-refractivity contribution in [2.75, 3.05) is 29.9 Å². The minimum atomic E-state index is -0.245. The summed E-state index contributed by atoms with van der Waals surface area (Å²) in [6, 6.07) is 19.0. The number of aryl methyl sites for hydroxylation is 1. The number of nitrogens with zero attached hydrogens (tertiary/aromatic N) is 2. The molecular formula is C24H25N3O3. The van der Waals surface area contributed by atoms with Crippen LogP contribution in [0.3, 0.4) is 0 Å². The van der Waals surface area contributed by atoms with Crippen LogP contribution in [0.5, 0.6) is 0 Å². The second-order valence-electron chi connectivity index (χ2n) is 7.39. The highest BCUT2D eigenvalue weighted by atomic mass is 16.3. The van der Waals surface area contributed by atoms with Gasteiger partial charge in [0.05, 0.1) is 30.6 Å². The van der Waals surface area contributed by atoms with E-state index in [1.54, 1.807) is 48.5 Å². The Labute approximate surface area is 176 Å². The fourth-order valence-electron chi connectivity index (χ4n) is 3.81. The van der Waals surface area contributed by atoms with Crippen LogP contribution in [0.15, 0.2) is 71.3 Å². The Hall–Kier alpha value is -3.54. The fraction of sp³-hybridized carbons (Fsp3) is 0.250. The fourth-order valence-corrected chi connectivity index (χ4v) is 3.81. The van der Waals surface area contributed by atoms with Crippen molar-refractivity contribution in [2.24, 2.45) is 0 Å². The molecule has 1 aliphatic rings. The summed E-state index contributed by atoms with van der Waals surface area (Å²) >= 11 is 0. The molecule has 0 unspecified atom stereocenters. The first-order chi connectivity index (χ1) is 14.6. The molecular weight excluding hydrogens is 378 g/mol. The van der Waals surface area contributed by atoms with Crippen LogP contribution >= 0.6 is 0 Å². The van der Waals surface area contributed by atoms with Gasteiger partial charge in [0.2, 0.25) is 5.91 Å². The summed E-state index contributed by atoms with van der Waals surface area (Å²) in [5, 5.41) is 2.85. The van der Waals surface area contributed by atoms with Crippen molar-refractivity contribution in [3.63, 3.8) is 0 Å². The summed E-state index contributed by atoms with van der Waals surface area (Å²) in [4.78, 5) is 29.5. The summed E-state index contributed by atoms with van der Waals surface area (Å²) in [5.41, 5.74) is 3.44. The third kappa shape index (κ3) is 4.22. The SMILES string of the molecule is CN(C(=O)CN1CCCc2ccccc21)c1ccccc1C(=O)NCc1ccco1. The van der Waals surface area contributed by atoms with Gasteiger partial charge >= 0.3 is 0 Å². The van der Waals surface area contributed by atoms with E-state index < -0.39 is 0 Å². The molecule has 2 aromatic carbocycles. The van der Waals surface area contributed by atoms with Crippen LogP contribution in [0.1, 0.15) is 28.1 Å². The predicted octanol–water partition coefficient (Wildman–Crippen LogP) is 3.63. The lowest BCUT2D eigenvalue weighted by Crippen LogP contribution is -2.41. The number of fused-ring (bicyclic) bond motifs is 1. The molecule has 3 aromatic rings. The summed E-state index contributed by atoms with van der Waals surface area (Å²) in [6.07, 6.45) is 3.63. The van der Waals surface area contributed by atoms with Crippen molar-refractivity contribution in [1.29, 1.82) is 0 Å². The van der Waals surface area contributed by atoms with Crippen LogP contribution < -0.4 is 15.1 Å². The first-order valence-electron chi connectivity index (χ1n) is 10.1. The summed E-state index contributed by atoms with van der Waals surface area (Å²) < 4.78 is 5.26. The van der Waals surface area contributed by atoms with Crippen molar-refractivity contribution in [1.82, 2.24) is 5.32 Å².